The molecule has 2 fully saturated rings. The Labute approximate surface area is 150 Å². The molecule has 1 heterocycles. The number of hydrogen-bond acceptors (Lipinski definition) is 3. The van der Waals surface area contributed by atoms with Crippen LogP contribution >= 0.6 is 15.9 Å². The van der Waals surface area contributed by atoms with Crippen LogP contribution in [0.2, 0.25) is 18.1 Å². The number of carbonyl (C=O) groups is 1. The highest BCUT2D eigenvalue weighted by molar-refractivity contribution is 9.09. The SMILES string of the molecule is C=C(C)[C@H]1C[C@@H](Br)[C@]2(C)OC(=O)[C@H](O[Si](C)(C)C(C)(C)C)[C@@H]2C1. The predicted octanol–water partition coefficient (Wildman–Crippen LogP) is 5.06. The lowest BCUT2D eigenvalue weighted by Gasteiger charge is -2.45. The first-order valence-corrected chi connectivity index (χ1v) is 12.3. The maximum Gasteiger partial charge on any atom is 0.335 e. The highest BCUT2D eigenvalue weighted by atomic mass is 79.9. The molecule has 2 aliphatic rings. The highest BCUT2D eigenvalue weighted by Gasteiger charge is 2.61. The second-order valence-electron chi connectivity index (χ2n) is 8.99. The van der Waals surface area contributed by atoms with Gasteiger partial charge in [0.15, 0.2) is 8.32 Å². The summed E-state index contributed by atoms with van der Waals surface area (Å²) in [4.78, 5) is 12.8. The molecule has 3 nitrogen and oxygen atoms in total. The van der Waals surface area contributed by atoms with Gasteiger partial charge in [-0.1, -0.05) is 48.9 Å². The second kappa shape index (κ2) is 5.99. The summed E-state index contributed by atoms with van der Waals surface area (Å²) in [5, 5.41) is 0.0719. The van der Waals surface area contributed by atoms with Gasteiger partial charge in [0.2, 0.25) is 0 Å². The zero-order chi connectivity index (χ0) is 17.8. The summed E-state index contributed by atoms with van der Waals surface area (Å²) in [6, 6.07) is 0. The Morgan fingerprint density at radius 3 is 2.43 bits per heavy atom. The molecular formula is C18H31BrO3Si. The number of allylic oxidation sites excluding steroid dienone is 1. The average molecular weight is 403 g/mol. The molecule has 0 aromatic carbocycles. The van der Waals surface area contributed by atoms with E-state index in [0.717, 1.165) is 12.8 Å². The van der Waals surface area contributed by atoms with Crippen molar-refractivity contribution in [3.63, 3.8) is 0 Å². The van der Waals surface area contributed by atoms with Crippen LogP contribution in [0.5, 0.6) is 0 Å². The molecule has 2 rings (SSSR count). The van der Waals surface area contributed by atoms with E-state index < -0.39 is 20.0 Å². The molecule has 5 atom stereocenters. The van der Waals surface area contributed by atoms with Crippen molar-refractivity contribution in [2.24, 2.45) is 11.8 Å². The smallest absolute Gasteiger partial charge is 0.335 e. The number of esters is 1. The van der Waals surface area contributed by atoms with Gasteiger partial charge in [0.25, 0.3) is 0 Å². The zero-order valence-electron chi connectivity index (χ0n) is 15.5. The molecule has 0 radical (unpaired) electrons. The minimum atomic E-state index is -2.03. The van der Waals surface area contributed by atoms with Gasteiger partial charge in [-0.25, -0.2) is 4.79 Å². The van der Waals surface area contributed by atoms with Crippen molar-refractivity contribution in [1.29, 1.82) is 0 Å². The van der Waals surface area contributed by atoms with Gasteiger partial charge in [0, 0.05) is 5.92 Å². The van der Waals surface area contributed by atoms with E-state index in [-0.39, 0.29) is 21.8 Å². The average Bonchev–Trinajstić information content (AvgIpc) is 2.61. The fourth-order valence-electron chi connectivity index (χ4n) is 3.38. The lowest BCUT2D eigenvalue weighted by molar-refractivity contribution is -0.152. The molecule has 1 saturated heterocycles. The largest absolute Gasteiger partial charge is 0.456 e. The van der Waals surface area contributed by atoms with Crippen LogP contribution in [-0.2, 0) is 14.0 Å². The zero-order valence-corrected chi connectivity index (χ0v) is 18.1. The Morgan fingerprint density at radius 2 is 1.96 bits per heavy atom. The molecular weight excluding hydrogens is 372 g/mol. The second-order valence-corrected chi connectivity index (χ2v) is 14.9. The van der Waals surface area contributed by atoms with Crippen LogP contribution in [0.3, 0.4) is 0 Å². The van der Waals surface area contributed by atoms with Crippen LogP contribution in [0, 0.1) is 11.8 Å². The molecule has 1 aliphatic carbocycles. The number of carbonyl (C=O) groups excluding carboxylic acids is 1. The van der Waals surface area contributed by atoms with Crippen molar-refractivity contribution >= 4 is 30.2 Å². The first kappa shape index (κ1) is 19.2. The lowest BCUT2D eigenvalue weighted by Crippen LogP contribution is -2.52. The third-order valence-electron chi connectivity index (χ3n) is 6.23. The van der Waals surface area contributed by atoms with E-state index in [4.69, 9.17) is 9.16 Å². The molecule has 0 N–H and O–H groups in total. The van der Waals surface area contributed by atoms with E-state index in [1.165, 1.54) is 5.57 Å². The van der Waals surface area contributed by atoms with Crippen LogP contribution in [0.1, 0.15) is 47.5 Å². The molecule has 0 aromatic heterocycles. The van der Waals surface area contributed by atoms with Gasteiger partial charge in [-0.2, -0.15) is 0 Å². The molecule has 0 unspecified atom stereocenters. The summed E-state index contributed by atoms with van der Waals surface area (Å²) < 4.78 is 12.3. The van der Waals surface area contributed by atoms with Gasteiger partial charge in [0.05, 0.1) is 4.83 Å². The van der Waals surface area contributed by atoms with Crippen LogP contribution in [0.25, 0.3) is 0 Å². The van der Waals surface area contributed by atoms with E-state index >= 15 is 0 Å². The molecule has 132 valence electrons. The summed E-state index contributed by atoms with van der Waals surface area (Å²) in [6.45, 7) is 19.2. The van der Waals surface area contributed by atoms with Gasteiger partial charge < -0.3 is 9.16 Å². The van der Waals surface area contributed by atoms with E-state index in [1.54, 1.807) is 0 Å². The van der Waals surface area contributed by atoms with Gasteiger partial charge in [-0.15, -0.1) is 0 Å². The maximum absolute atomic E-state index is 12.6. The number of fused-ring (bicyclic) bond motifs is 1. The normalized spacial score (nSPS) is 38.2. The molecule has 0 spiro atoms. The van der Waals surface area contributed by atoms with E-state index in [9.17, 15) is 4.79 Å². The summed E-state index contributed by atoms with van der Waals surface area (Å²) >= 11 is 3.77. The monoisotopic (exact) mass is 402 g/mol. The first-order valence-electron chi connectivity index (χ1n) is 8.49. The lowest BCUT2D eigenvalue weighted by atomic mass is 9.69. The van der Waals surface area contributed by atoms with Gasteiger partial charge >= 0.3 is 5.97 Å². The van der Waals surface area contributed by atoms with Gasteiger partial charge in [-0.05, 0) is 50.7 Å². The predicted molar refractivity (Wildman–Crippen MR) is 100 cm³/mol. The molecule has 23 heavy (non-hydrogen) atoms. The summed E-state index contributed by atoms with van der Waals surface area (Å²) in [5.74, 6) is 0.315. The fourth-order valence-corrected chi connectivity index (χ4v) is 5.52. The Kier molecular flexibility index (Phi) is 5.00. The number of alkyl halides is 1. The van der Waals surface area contributed by atoms with E-state index in [1.807, 2.05) is 0 Å². The Hall–Kier alpha value is -0.133. The maximum atomic E-state index is 12.6. The van der Waals surface area contributed by atoms with Crippen LogP contribution < -0.4 is 0 Å². The fraction of sp³-hybridized carbons (Fsp3) is 0.833. The van der Waals surface area contributed by atoms with Crippen molar-refractivity contribution in [3.8, 4) is 0 Å². The third kappa shape index (κ3) is 3.34. The number of halogens is 1. The molecule has 1 saturated carbocycles. The number of rotatable bonds is 3. The van der Waals surface area contributed by atoms with Crippen LogP contribution in [0.15, 0.2) is 12.2 Å². The standard InChI is InChI=1S/C18H31BrO3Si/c1-11(2)12-9-13-15(22-23(7,8)17(3,4)5)16(20)21-18(13,6)14(19)10-12/h12-15H,1,9-10H2,2-8H3/t12-,13+,14-,15-,18-/m1/s1. The van der Waals surface area contributed by atoms with Crippen molar-refractivity contribution in [3.05, 3.63) is 12.2 Å². The van der Waals surface area contributed by atoms with Crippen LogP contribution in [-0.4, -0.2) is 30.8 Å². The van der Waals surface area contributed by atoms with Crippen molar-refractivity contribution in [2.75, 3.05) is 0 Å². The van der Waals surface area contributed by atoms with Crippen molar-refractivity contribution < 1.29 is 14.0 Å². The minimum Gasteiger partial charge on any atom is -0.456 e. The topological polar surface area (TPSA) is 35.5 Å². The molecule has 0 bridgehead atoms. The van der Waals surface area contributed by atoms with Crippen molar-refractivity contribution in [1.82, 2.24) is 0 Å². The molecule has 0 amide bonds. The molecule has 1 aliphatic heterocycles. The highest BCUT2D eigenvalue weighted by Crippen LogP contribution is 2.52. The first-order chi connectivity index (χ1) is 10.3. The molecule has 5 heteroatoms. The number of hydrogen-bond donors (Lipinski definition) is 0. The summed E-state index contributed by atoms with van der Waals surface area (Å²) in [6.07, 6.45) is 1.43. The molecule has 0 aromatic rings. The van der Waals surface area contributed by atoms with Gasteiger partial charge in [-0.3, -0.25) is 0 Å². The van der Waals surface area contributed by atoms with Gasteiger partial charge in [0.1, 0.15) is 11.7 Å². The Balaban J connectivity index is 2.30. The van der Waals surface area contributed by atoms with E-state index in [0.29, 0.717) is 5.92 Å². The third-order valence-corrected chi connectivity index (χ3v) is 12.0. The minimum absolute atomic E-state index is 0.0719. The quantitative estimate of drug-likeness (QED) is 0.286. The van der Waals surface area contributed by atoms with Crippen molar-refractivity contribution in [2.45, 2.75) is 82.1 Å². The Morgan fingerprint density at radius 1 is 1.39 bits per heavy atom. The summed E-state index contributed by atoms with van der Waals surface area (Å²) in [7, 11) is -2.03. The number of ether oxygens (including phenoxy) is 1. The summed E-state index contributed by atoms with van der Waals surface area (Å²) in [5.41, 5.74) is 0.706. The van der Waals surface area contributed by atoms with E-state index in [2.05, 4.69) is 70.2 Å². The Bertz CT molecular complexity index is 511. The van der Waals surface area contributed by atoms with Crippen LogP contribution in [0.4, 0.5) is 0 Å².